The van der Waals surface area contributed by atoms with E-state index in [2.05, 4.69) is 27.5 Å². The lowest BCUT2D eigenvalue weighted by molar-refractivity contribution is 0.111. The molecule has 0 bridgehead atoms. The average molecular weight is 340 g/mol. The molecule has 6 nitrogen and oxygen atoms in total. The third-order valence-electron chi connectivity index (χ3n) is 5.05. The van der Waals surface area contributed by atoms with Gasteiger partial charge in [-0.15, -0.1) is 10.2 Å². The van der Waals surface area contributed by atoms with Gasteiger partial charge in [-0.05, 0) is 50.6 Å². The van der Waals surface area contributed by atoms with Crippen LogP contribution in [0, 0.1) is 0 Å². The van der Waals surface area contributed by atoms with Crippen LogP contribution in [0.4, 0.5) is 5.82 Å². The maximum absolute atomic E-state index is 10.2. The van der Waals surface area contributed by atoms with Crippen LogP contribution in [-0.4, -0.2) is 53.0 Å². The Bertz CT molecular complexity index is 765. The minimum Gasteiger partial charge on any atom is -0.507 e. The number of phenolic OH excluding ortho intramolecular Hbond substituents is 1. The number of likely N-dealkylation sites (tertiary alicyclic amines) is 1. The molecule has 3 heterocycles. The summed E-state index contributed by atoms with van der Waals surface area (Å²) < 4.78 is 5.69. The van der Waals surface area contributed by atoms with E-state index >= 15 is 0 Å². The zero-order chi connectivity index (χ0) is 17.2. The third-order valence-corrected chi connectivity index (χ3v) is 5.05. The molecule has 1 fully saturated rings. The second kappa shape index (κ2) is 6.98. The predicted octanol–water partition coefficient (Wildman–Crippen LogP) is 2.43. The van der Waals surface area contributed by atoms with E-state index in [9.17, 15) is 5.11 Å². The van der Waals surface area contributed by atoms with Crippen molar-refractivity contribution in [3.63, 3.8) is 0 Å². The van der Waals surface area contributed by atoms with Gasteiger partial charge in [0.2, 0.25) is 0 Å². The van der Waals surface area contributed by atoms with Crippen LogP contribution in [0.25, 0.3) is 11.3 Å². The highest BCUT2D eigenvalue weighted by atomic mass is 16.5. The van der Waals surface area contributed by atoms with Crippen molar-refractivity contribution in [2.75, 3.05) is 32.1 Å². The molecule has 0 radical (unpaired) electrons. The van der Waals surface area contributed by atoms with Gasteiger partial charge in [-0.3, -0.25) is 0 Å². The number of ether oxygens (including phenoxy) is 1. The maximum Gasteiger partial charge on any atom is 0.154 e. The zero-order valence-corrected chi connectivity index (χ0v) is 14.5. The molecular formula is C19H24N4O2. The fourth-order valence-corrected chi connectivity index (χ4v) is 3.76. The highest BCUT2D eigenvalue weighted by Gasteiger charge is 2.25. The second-order valence-corrected chi connectivity index (χ2v) is 6.92. The standard InChI is InChI=1S/C19H24N4O2/c1-23-9-4-5-13(11-23)20-19-16-12-25-10-8-14(16)18(21-22-19)15-6-2-3-7-17(15)24/h2-3,6-7,13,24H,4-5,8-12H2,1H3,(H,20,22)/t13-/m1/s1. The number of benzene rings is 1. The van der Waals surface area contributed by atoms with Crippen LogP contribution in [0.5, 0.6) is 5.75 Å². The summed E-state index contributed by atoms with van der Waals surface area (Å²) in [6, 6.07) is 7.68. The van der Waals surface area contributed by atoms with Gasteiger partial charge in [0.05, 0.1) is 13.2 Å². The number of fused-ring (bicyclic) bond motifs is 1. The van der Waals surface area contributed by atoms with E-state index in [1.165, 1.54) is 6.42 Å². The summed E-state index contributed by atoms with van der Waals surface area (Å²) >= 11 is 0. The highest BCUT2D eigenvalue weighted by molar-refractivity contribution is 5.72. The van der Waals surface area contributed by atoms with Crippen molar-refractivity contribution in [1.82, 2.24) is 15.1 Å². The summed E-state index contributed by atoms with van der Waals surface area (Å²) in [7, 11) is 2.15. The number of piperidine rings is 1. The molecule has 2 aliphatic rings. The Kier molecular flexibility index (Phi) is 4.55. The van der Waals surface area contributed by atoms with Gasteiger partial charge < -0.3 is 20.1 Å². The Morgan fingerprint density at radius 1 is 1.24 bits per heavy atom. The van der Waals surface area contributed by atoms with Gasteiger partial charge >= 0.3 is 0 Å². The summed E-state index contributed by atoms with van der Waals surface area (Å²) in [5.74, 6) is 1.06. The molecule has 132 valence electrons. The van der Waals surface area contributed by atoms with Gasteiger partial charge in [0.15, 0.2) is 5.82 Å². The number of rotatable bonds is 3. The summed E-state index contributed by atoms with van der Waals surface area (Å²) in [6.07, 6.45) is 3.12. The van der Waals surface area contributed by atoms with Gasteiger partial charge in [-0.1, -0.05) is 12.1 Å². The lowest BCUT2D eigenvalue weighted by Crippen LogP contribution is -2.40. The van der Waals surface area contributed by atoms with Gasteiger partial charge in [0.1, 0.15) is 11.4 Å². The van der Waals surface area contributed by atoms with E-state index < -0.39 is 0 Å². The number of nitrogens with zero attached hydrogens (tertiary/aromatic N) is 3. The predicted molar refractivity (Wildman–Crippen MR) is 96.6 cm³/mol. The van der Waals surface area contributed by atoms with Gasteiger partial charge in [-0.25, -0.2) is 0 Å². The Balaban J connectivity index is 1.69. The van der Waals surface area contributed by atoms with Crippen molar-refractivity contribution in [3.05, 3.63) is 35.4 Å². The molecule has 1 saturated heterocycles. The van der Waals surface area contributed by atoms with Crippen LogP contribution in [0.3, 0.4) is 0 Å². The zero-order valence-electron chi connectivity index (χ0n) is 14.5. The number of anilines is 1. The molecule has 0 aliphatic carbocycles. The van der Waals surface area contributed by atoms with E-state index in [1.54, 1.807) is 6.07 Å². The SMILES string of the molecule is CN1CCC[C@@H](Nc2nnc(-c3ccccc3O)c3c2COCC3)C1. The van der Waals surface area contributed by atoms with Crippen molar-refractivity contribution < 1.29 is 9.84 Å². The first-order valence-electron chi connectivity index (χ1n) is 8.92. The molecule has 0 spiro atoms. The Morgan fingerprint density at radius 3 is 2.96 bits per heavy atom. The number of hydrogen-bond donors (Lipinski definition) is 2. The summed E-state index contributed by atoms with van der Waals surface area (Å²) in [4.78, 5) is 2.34. The van der Waals surface area contributed by atoms with Gasteiger partial charge in [0.25, 0.3) is 0 Å². The van der Waals surface area contributed by atoms with Crippen LogP contribution < -0.4 is 5.32 Å². The number of nitrogens with one attached hydrogen (secondary N) is 1. The van der Waals surface area contributed by atoms with Crippen LogP contribution in [0.1, 0.15) is 24.0 Å². The monoisotopic (exact) mass is 340 g/mol. The Morgan fingerprint density at radius 2 is 2.12 bits per heavy atom. The molecule has 0 amide bonds. The largest absolute Gasteiger partial charge is 0.507 e. The number of phenols is 1. The Labute approximate surface area is 147 Å². The number of aromatic hydroxyl groups is 1. The Hall–Kier alpha value is -2.18. The minimum absolute atomic E-state index is 0.236. The maximum atomic E-state index is 10.2. The molecule has 1 aromatic carbocycles. The fourth-order valence-electron chi connectivity index (χ4n) is 3.76. The molecule has 0 saturated carbocycles. The number of hydrogen-bond acceptors (Lipinski definition) is 6. The van der Waals surface area contributed by atoms with E-state index in [1.807, 2.05) is 18.2 Å². The molecule has 0 unspecified atom stereocenters. The lowest BCUT2D eigenvalue weighted by Gasteiger charge is -2.31. The minimum atomic E-state index is 0.236. The number of likely N-dealkylation sites (N-methyl/N-ethyl adjacent to an activating group) is 1. The quantitative estimate of drug-likeness (QED) is 0.894. The summed E-state index contributed by atoms with van der Waals surface area (Å²) in [5.41, 5.74) is 3.71. The van der Waals surface area contributed by atoms with Crippen molar-refractivity contribution >= 4 is 5.82 Å². The van der Waals surface area contributed by atoms with Crippen LogP contribution in [0.2, 0.25) is 0 Å². The smallest absolute Gasteiger partial charge is 0.154 e. The van der Waals surface area contributed by atoms with E-state index in [0.717, 1.165) is 54.1 Å². The van der Waals surface area contributed by atoms with Gasteiger partial charge in [0, 0.05) is 23.7 Å². The lowest BCUT2D eigenvalue weighted by atomic mass is 9.97. The fraction of sp³-hybridized carbons (Fsp3) is 0.474. The summed E-state index contributed by atoms with van der Waals surface area (Å²) in [5, 5.41) is 22.7. The van der Waals surface area contributed by atoms with Crippen LogP contribution >= 0.6 is 0 Å². The van der Waals surface area contributed by atoms with Crippen LogP contribution in [0.15, 0.2) is 24.3 Å². The average Bonchev–Trinajstić information content (AvgIpc) is 2.63. The molecule has 2 aliphatic heterocycles. The summed E-state index contributed by atoms with van der Waals surface area (Å²) in [6.45, 7) is 3.37. The van der Waals surface area contributed by atoms with Crippen molar-refractivity contribution in [1.29, 1.82) is 0 Å². The molecule has 1 aromatic heterocycles. The van der Waals surface area contributed by atoms with E-state index in [0.29, 0.717) is 19.3 Å². The topological polar surface area (TPSA) is 70.5 Å². The molecule has 25 heavy (non-hydrogen) atoms. The molecule has 4 rings (SSSR count). The molecule has 2 aromatic rings. The number of aromatic nitrogens is 2. The van der Waals surface area contributed by atoms with Crippen LogP contribution in [-0.2, 0) is 17.8 Å². The van der Waals surface area contributed by atoms with E-state index in [-0.39, 0.29) is 5.75 Å². The molecule has 1 atom stereocenters. The number of para-hydroxylation sites is 1. The molecule has 6 heteroatoms. The first-order valence-corrected chi connectivity index (χ1v) is 8.92. The first-order chi connectivity index (χ1) is 12.2. The third kappa shape index (κ3) is 3.32. The normalized spacial score (nSPS) is 20.9. The molecular weight excluding hydrogens is 316 g/mol. The highest BCUT2D eigenvalue weighted by Crippen LogP contribution is 2.35. The first kappa shape index (κ1) is 16.3. The van der Waals surface area contributed by atoms with E-state index in [4.69, 9.17) is 4.74 Å². The van der Waals surface area contributed by atoms with Crippen molar-refractivity contribution in [2.45, 2.75) is 31.9 Å². The van der Waals surface area contributed by atoms with Crippen molar-refractivity contribution in [3.8, 4) is 17.0 Å². The molecule has 2 N–H and O–H groups in total. The van der Waals surface area contributed by atoms with Gasteiger partial charge in [-0.2, -0.15) is 0 Å². The van der Waals surface area contributed by atoms with Crippen molar-refractivity contribution in [2.24, 2.45) is 0 Å². The second-order valence-electron chi connectivity index (χ2n) is 6.92.